The third-order valence-corrected chi connectivity index (χ3v) is 5.23. The van der Waals surface area contributed by atoms with Crippen molar-refractivity contribution in [3.8, 4) is 0 Å². The van der Waals surface area contributed by atoms with Gasteiger partial charge in [0.15, 0.2) is 5.78 Å². The van der Waals surface area contributed by atoms with E-state index in [1.165, 1.54) is 19.2 Å². The summed E-state index contributed by atoms with van der Waals surface area (Å²) in [5, 5.41) is 11.0. The molecule has 28 heavy (non-hydrogen) atoms. The van der Waals surface area contributed by atoms with E-state index in [0.29, 0.717) is 28.1 Å². The first-order valence-corrected chi connectivity index (χ1v) is 8.69. The number of non-ortho nitro benzene ring substituents is 1. The Morgan fingerprint density at radius 1 is 1.11 bits per heavy atom. The van der Waals surface area contributed by atoms with Crippen LogP contribution in [0.15, 0.2) is 59.1 Å². The SMILES string of the molecule is COC(=O)C1C(C)=NC2=C(C(=O)c3ccccc32)[C@@H]1c1ccc([N+](=O)[O-])cc1. The van der Waals surface area contributed by atoms with Crippen molar-refractivity contribution >= 4 is 28.8 Å². The average molecular weight is 376 g/mol. The molecular formula is C21H16N2O5. The fourth-order valence-electron chi connectivity index (χ4n) is 3.94. The van der Waals surface area contributed by atoms with Crippen LogP contribution in [0.4, 0.5) is 5.69 Å². The van der Waals surface area contributed by atoms with Gasteiger partial charge in [-0.05, 0) is 12.5 Å². The topological polar surface area (TPSA) is 98.9 Å². The summed E-state index contributed by atoms with van der Waals surface area (Å²) in [6, 6.07) is 13.1. The maximum absolute atomic E-state index is 13.2. The van der Waals surface area contributed by atoms with Crippen LogP contribution in [-0.4, -0.2) is 29.5 Å². The second-order valence-corrected chi connectivity index (χ2v) is 6.72. The summed E-state index contributed by atoms with van der Waals surface area (Å²) >= 11 is 0. The number of nitro benzene ring substituents is 1. The van der Waals surface area contributed by atoms with Gasteiger partial charge in [0.25, 0.3) is 5.69 Å². The van der Waals surface area contributed by atoms with E-state index < -0.39 is 22.7 Å². The standard InChI is InChI=1S/C21H16N2O5/c1-11-16(21(25)28-2)17(12-7-9-13(10-8-12)23(26)27)18-19(22-11)14-5-3-4-6-15(14)20(18)24/h3-10,16-17H,1-2H3/t16?,17-/m1/s1. The Hall–Kier alpha value is -3.61. The zero-order chi connectivity index (χ0) is 20.0. The number of nitro groups is 1. The Kier molecular flexibility index (Phi) is 4.15. The third-order valence-electron chi connectivity index (χ3n) is 5.23. The molecule has 1 aliphatic carbocycles. The number of carbonyl (C=O) groups excluding carboxylic acids is 2. The zero-order valence-electron chi connectivity index (χ0n) is 15.2. The predicted molar refractivity (Wildman–Crippen MR) is 102 cm³/mol. The minimum Gasteiger partial charge on any atom is -0.468 e. The van der Waals surface area contributed by atoms with Crippen molar-refractivity contribution in [2.75, 3.05) is 7.11 Å². The number of hydrogen-bond donors (Lipinski definition) is 0. The fraction of sp³-hybridized carbons (Fsp3) is 0.190. The lowest BCUT2D eigenvalue weighted by molar-refractivity contribution is -0.384. The van der Waals surface area contributed by atoms with Crippen molar-refractivity contribution in [2.45, 2.75) is 12.8 Å². The molecule has 0 N–H and O–H groups in total. The molecule has 2 aromatic carbocycles. The van der Waals surface area contributed by atoms with E-state index >= 15 is 0 Å². The number of fused-ring (bicyclic) bond motifs is 2. The first kappa shape index (κ1) is 17.8. The lowest BCUT2D eigenvalue weighted by Crippen LogP contribution is -2.34. The van der Waals surface area contributed by atoms with Gasteiger partial charge in [0, 0.05) is 40.5 Å². The molecule has 0 fully saturated rings. The minimum atomic E-state index is -0.775. The number of allylic oxidation sites excluding steroid dienone is 1. The van der Waals surface area contributed by atoms with Gasteiger partial charge in [-0.2, -0.15) is 0 Å². The number of ketones is 1. The second-order valence-electron chi connectivity index (χ2n) is 6.72. The molecule has 0 radical (unpaired) electrons. The van der Waals surface area contributed by atoms with Crippen molar-refractivity contribution in [3.63, 3.8) is 0 Å². The Morgan fingerprint density at radius 2 is 1.75 bits per heavy atom. The van der Waals surface area contributed by atoms with Crippen molar-refractivity contribution < 1.29 is 19.2 Å². The largest absolute Gasteiger partial charge is 0.468 e. The van der Waals surface area contributed by atoms with E-state index in [1.807, 2.05) is 12.1 Å². The van der Waals surface area contributed by atoms with E-state index in [4.69, 9.17) is 4.74 Å². The van der Waals surface area contributed by atoms with Crippen LogP contribution in [0, 0.1) is 16.0 Å². The summed E-state index contributed by atoms with van der Waals surface area (Å²) < 4.78 is 4.97. The van der Waals surface area contributed by atoms with Crippen molar-refractivity contribution in [1.29, 1.82) is 0 Å². The van der Waals surface area contributed by atoms with Crippen LogP contribution in [0.5, 0.6) is 0 Å². The fourth-order valence-corrected chi connectivity index (χ4v) is 3.94. The lowest BCUT2D eigenvalue weighted by atomic mass is 9.75. The van der Waals surface area contributed by atoms with Gasteiger partial charge >= 0.3 is 5.97 Å². The number of rotatable bonds is 3. The molecule has 0 amide bonds. The molecule has 2 aliphatic rings. The number of carbonyl (C=O) groups is 2. The van der Waals surface area contributed by atoms with E-state index in [9.17, 15) is 19.7 Å². The maximum Gasteiger partial charge on any atom is 0.315 e. The molecule has 0 bridgehead atoms. The van der Waals surface area contributed by atoms with Crippen molar-refractivity contribution in [1.82, 2.24) is 0 Å². The number of ether oxygens (including phenoxy) is 1. The molecule has 4 rings (SSSR count). The molecule has 0 saturated heterocycles. The number of aliphatic imine (C=N–C) groups is 1. The Bertz CT molecular complexity index is 1080. The Morgan fingerprint density at radius 3 is 2.36 bits per heavy atom. The number of Topliss-reactive ketones (excluding diaryl/α,β-unsaturated/α-hetero) is 1. The number of methoxy groups -OCH3 is 1. The normalized spacial score (nSPS) is 20.4. The second kappa shape index (κ2) is 6.53. The van der Waals surface area contributed by atoms with Crippen molar-refractivity contribution in [2.24, 2.45) is 10.9 Å². The molecule has 1 aliphatic heterocycles. The highest BCUT2D eigenvalue weighted by atomic mass is 16.6. The summed E-state index contributed by atoms with van der Waals surface area (Å²) in [5.74, 6) is -2.08. The number of esters is 1. The molecule has 7 nitrogen and oxygen atoms in total. The Labute approximate surface area is 160 Å². The van der Waals surface area contributed by atoms with Crippen LogP contribution in [0.25, 0.3) is 5.70 Å². The highest BCUT2D eigenvalue weighted by molar-refractivity contribution is 6.24. The molecule has 140 valence electrons. The van der Waals surface area contributed by atoms with Crippen LogP contribution < -0.4 is 0 Å². The van der Waals surface area contributed by atoms with Gasteiger partial charge in [-0.3, -0.25) is 24.7 Å². The van der Waals surface area contributed by atoms with Crippen molar-refractivity contribution in [3.05, 3.63) is 80.9 Å². The van der Waals surface area contributed by atoms with Crippen LogP contribution >= 0.6 is 0 Å². The first-order chi connectivity index (χ1) is 13.4. The first-order valence-electron chi connectivity index (χ1n) is 8.69. The van der Waals surface area contributed by atoms with Crippen LogP contribution in [-0.2, 0) is 9.53 Å². The van der Waals surface area contributed by atoms with E-state index in [-0.39, 0.29) is 11.5 Å². The number of hydrogen-bond acceptors (Lipinski definition) is 6. The van der Waals surface area contributed by atoms with Gasteiger partial charge in [0.1, 0.15) is 5.92 Å². The molecule has 0 saturated carbocycles. The molecule has 1 unspecified atom stereocenters. The van der Waals surface area contributed by atoms with Crippen LogP contribution in [0.3, 0.4) is 0 Å². The number of benzene rings is 2. The van der Waals surface area contributed by atoms with Gasteiger partial charge in [-0.1, -0.05) is 36.4 Å². The maximum atomic E-state index is 13.2. The molecular weight excluding hydrogens is 360 g/mol. The summed E-state index contributed by atoms with van der Waals surface area (Å²) in [7, 11) is 1.29. The zero-order valence-corrected chi connectivity index (χ0v) is 15.2. The average Bonchev–Trinajstić information content (AvgIpc) is 2.98. The van der Waals surface area contributed by atoms with E-state index in [0.717, 1.165) is 5.56 Å². The summed E-state index contributed by atoms with van der Waals surface area (Å²) in [5.41, 5.74) is 3.37. The smallest absolute Gasteiger partial charge is 0.315 e. The third kappa shape index (κ3) is 2.55. The molecule has 2 aromatic rings. The minimum absolute atomic E-state index is 0.0604. The molecule has 7 heteroatoms. The highest BCUT2D eigenvalue weighted by Gasteiger charge is 2.45. The molecule has 0 spiro atoms. The summed E-state index contributed by atoms with van der Waals surface area (Å²) in [4.78, 5) is 40.8. The van der Waals surface area contributed by atoms with Gasteiger partial charge in [-0.15, -0.1) is 0 Å². The predicted octanol–water partition coefficient (Wildman–Crippen LogP) is 3.55. The molecule has 1 heterocycles. The number of nitrogens with zero attached hydrogens (tertiary/aromatic N) is 2. The Balaban J connectivity index is 1.92. The van der Waals surface area contributed by atoms with E-state index in [1.54, 1.807) is 31.2 Å². The highest BCUT2D eigenvalue weighted by Crippen LogP contribution is 2.48. The van der Waals surface area contributed by atoms with Crippen LogP contribution in [0.1, 0.15) is 34.3 Å². The van der Waals surface area contributed by atoms with E-state index in [2.05, 4.69) is 4.99 Å². The van der Waals surface area contributed by atoms with Gasteiger partial charge in [0.05, 0.1) is 17.7 Å². The summed E-state index contributed by atoms with van der Waals surface area (Å²) in [6.45, 7) is 1.73. The molecule has 0 aromatic heterocycles. The van der Waals surface area contributed by atoms with Gasteiger partial charge < -0.3 is 4.74 Å². The van der Waals surface area contributed by atoms with Gasteiger partial charge in [0.2, 0.25) is 0 Å². The molecule has 2 atom stereocenters. The lowest BCUT2D eigenvalue weighted by Gasteiger charge is -2.30. The van der Waals surface area contributed by atoms with Crippen LogP contribution in [0.2, 0.25) is 0 Å². The van der Waals surface area contributed by atoms with Gasteiger partial charge in [-0.25, -0.2) is 0 Å². The quantitative estimate of drug-likeness (QED) is 0.463. The monoisotopic (exact) mass is 376 g/mol. The summed E-state index contributed by atoms with van der Waals surface area (Å²) in [6.07, 6.45) is 0.